The first-order valence-electron chi connectivity index (χ1n) is 6.22. The van der Waals surface area contributed by atoms with Crippen molar-refractivity contribution in [2.75, 3.05) is 13.6 Å². The van der Waals surface area contributed by atoms with Gasteiger partial charge in [-0.25, -0.2) is 0 Å². The molecule has 0 saturated heterocycles. The highest BCUT2D eigenvalue weighted by molar-refractivity contribution is 6.30. The Bertz CT molecular complexity index is 372. The maximum atomic E-state index is 5.96. The van der Waals surface area contributed by atoms with Crippen LogP contribution in [-0.2, 0) is 6.54 Å². The van der Waals surface area contributed by atoms with Gasteiger partial charge in [0.2, 0.25) is 0 Å². The van der Waals surface area contributed by atoms with Gasteiger partial charge in [-0.1, -0.05) is 23.7 Å². The SMILES string of the molecule is CN(Cc1ccc(Cl)cc1)C(C)(CN)C1CC1. The molecule has 0 amide bonds. The van der Waals surface area contributed by atoms with Crippen LogP contribution in [0.15, 0.2) is 24.3 Å². The van der Waals surface area contributed by atoms with E-state index in [1.807, 2.05) is 12.1 Å². The minimum absolute atomic E-state index is 0.139. The van der Waals surface area contributed by atoms with Crippen molar-refractivity contribution < 1.29 is 0 Å². The monoisotopic (exact) mass is 252 g/mol. The summed E-state index contributed by atoms with van der Waals surface area (Å²) in [5.41, 5.74) is 7.39. The summed E-state index contributed by atoms with van der Waals surface area (Å²) in [7, 11) is 2.17. The van der Waals surface area contributed by atoms with Crippen molar-refractivity contribution >= 4 is 11.6 Å². The number of hydrogen-bond donors (Lipinski definition) is 1. The van der Waals surface area contributed by atoms with E-state index in [0.29, 0.717) is 0 Å². The lowest BCUT2D eigenvalue weighted by Gasteiger charge is -2.38. The van der Waals surface area contributed by atoms with Crippen LogP contribution in [0.2, 0.25) is 5.02 Å². The number of likely N-dealkylation sites (N-methyl/N-ethyl adjacent to an activating group) is 1. The van der Waals surface area contributed by atoms with Crippen molar-refractivity contribution in [3.05, 3.63) is 34.9 Å². The molecule has 1 fully saturated rings. The summed E-state index contributed by atoms with van der Waals surface area (Å²) >= 11 is 5.89. The lowest BCUT2D eigenvalue weighted by molar-refractivity contribution is 0.113. The zero-order chi connectivity index (χ0) is 12.5. The first-order valence-corrected chi connectivity index (χ1v) is 6.60. The molecule has 0 heterocycles. The van der Waals surface area contributed by atoms with Gasteiger partial charge >= 0.3 is 0 Å². The van der Waals surface area contributed by atoms with Gasteiger partial charge in [0.1, 0.15) is 0 Å². The molecule has 0 bridgehead atoms. The molecule has 1 aromatic carbocycles. The van der Waals surface area contributed by atoms with Gasteiger partial charge in [-0.05, 0) is 50.4 Å². The number of nitrogens with zero attached hydrogens (tertiary/aromatic N) is 1. The Balaban J connectivity index is 2.04. The van der Waals surface area contributed by atoms with Gasteiger partial charge in [0.05, 0.1) is 0 Å². The second-order valence-corrected chi connectivity index (χ2v) is 5.75. The molecule has 2 nitrogen and oxygen atoms in total. The smallest absolute Gasteiger partial charge is 0.0406 e. The lowest BCUT2D eigenvalue weighted by Crippen LogP contribution is -2.51. The number of hydrogen-bond acceptors (Lipinski definition) is 2. The average molecular weight is 253 g/mol. The number of rotatable bonds is 5. The molecule has 1 unspecified atom stereocenters. The van der Waals surface area contributed by atoms with Crippen molar-refractivity contribution in [3.63, 3.8) is 0 Å². The van der Waals surface area contributed by atoms with Crippen molar-refractivity contribution in [3.8, 4) is 0 Å². The van der Waals surface area contributed by atoms with Gasteiger partial charge < -0.3 is 5.73 Å². The Hall–Kier alpha value is -0.570. The molecular weight excluding hydrogens is 232 g/mol. The van der Waals surface area contributed by atoms with E-state index in [4.69, 9.17) is 17.3 Å². The molecule has 0 spiro atoms. The van der Waals surface area contributed by atoms with Crippen LogP contribution in [0.4, 0.5) is 0 Å². The van der Waals surface area contributed by atoms with E-state index in [1.165, 1.54) is 18.4 Å². The Morgan fingerprint density at radius 1 is 1.35 bits per heavy atom. The van der Waals surface area contributed by atoms with E-state index in [9.17, 15) is 0 Å². The van der Waals surface area contributed by atoms with Crippen molar-refractivity contribution in [2.45, 2.75) is 31.8 Å². The van der Waals surface area contributed by atoms with Crippen LogP contribution in [0.5, 0.6) is 0 Å². The fourth-order valence-electron chi connectivity index (χ4n) is 2.38. The predicted molar refractivity (Wildman–Crippen MR) is 73.1 cm³/mol. The molecule has 1 aliphatic carbocycles. The fraction of sp³-hybridized carbons (Fsp3) is 0.571. The summed E-state index contributed by atoms with van der Waals surface area (Å²) in [5.74, 6) is 0.768. The minimum Gasteiger partial charge on any atom is -0.329 e. The quantitative estimate of drug-likeness (QED) is 0.873. The number of nitrogens with two attached hydrogens (primary N) is 1. The van der Waals surface area contributed by atoms with E-state index < -0.39 is 0 Å². The van der Waals surface area contributed by atoms with Crippen molar-refractivity contribution in [1.29, 1.82) is 0 Å². The molecule has 2 N–H and O–H groups in total. The third-order valence-corrected chi connectivity index (χ3v) is 4.33. The average Bonchev–Trinajstić information content (AvgIpc) is 3.15. The third-order valence-electron chi connectivity index (χ3n) is 4.08. The molecular formula is C14H21ClN2. The molecule has 1 aliphatic rings. The fourth-order valence-corrected chi connectivity index (χ4v) is 2.51. The summed E-state index contributed by atoms with van der Waals surface area (Å²) < 4.78 is 0. The summed E-state index contributed by atoms with van der Waals surface area (Å²) in [6.45, 7) is 3.93. The molecule has 0 radical (unpaired) electrons. The maximum Gasteiger partial charge on any atom is 0.0406 e. The molecule has 2 rings (SSSR count). The Morgan fingerprint density at radius 3 is 2.41 bits per heavy atom. The highest BCUT2D eigenvalue weighted by atomic mass is 35.5. The molecule has 1 aromatic rings. The zero-order valence-electron chi connectivity index (χ0n) is 10.6. The molecule has 17 heavy (non-hydrogen) atoms. The second-order valence-electron chi connectivity index (χ2n) is 5.32. The van der Waals surface area contributed by atoms with E-state index in [0.717, 1.165) is 24.0 Å². The maximum absolute atomic E-state index is 5.96. The molecule has 1 saturated carbocycles. The molecule has 3 heteroatoms. The van der Waals surface area contributed by atoms with Gasteiger partial charge in [-0.2, -0.15) is 0 Å². The van der Waals surface area contributed by atoms with E-state index in [2.05, 4.69) is 31.0 Å². The van der Waals surface area contributed by atoms with Gasteiger partial charge in [-0.3, -0.25) is 4.90 Å². The van der Waals surface area contributed by atoms with E-state index >= 15 is 0 Å². The van der Waals surface area contributed by atoms with Crippen molar-refractivity contribution in [2.24, 2.45) is 11.7 Å². The number of benzene rings is 1. The first kappa shape index (κ1) is 12.9. The lowest BCUT2D eigenvalue weighted by atomic mass is 9.93. The standard InChI is InChI=1S/C14H21ClN2/c1-14(10-16,12-5-6-12)17(2)9-11-3-7-13(15)8-4-11/h3-4,7-8,12H,5-6,9-10,16H2,1-2H3. The topological polar surface area (TPSA) is 29.3 Å². The predicted octanol–water partition coefficient (Wildman–Crippen LogP) is 2.90. The zero-order valence-corrected chi connectivity index (χ0v) is 11.4. The molecule has 0 aliphatic heterocycles. The largest absolute Gasteiger partial charge is 0.329 e. The summed E-state index contributed by atoms with van der Waals surface area (Å²) in [5, 5.41) is 0.792. The Labute approximate surface area is 109 Å². The van der Waals surface area contributed by atoms with Crippen LogP contribution < -0.4 is 5.73 Å². The van der Waals surface area contributed by atoms with Gasteiger partial charge in [0, 0.05) is 23.7 Å². The molecule has 0 aromatic heterocycles. The minimum atomic E-state index is 0.139. The van der Waals surface area contributed by atoms with Crippen LogP contribution >= 0.6 is 11.6 Å². The van der Waals surface area contributed by atoms with Crippen LogP contribution in [0.3, 0.4) is 0 Å². The Morgan fingerprint density at radius 2 is 1.94 bits per heavy atom. The summed E-state index contributed by atoms with van der Waals surface area (Å²) in [6.07, 6.45) is 2.64. The van der Waals surface area contributed by atoms with Crippen LogP contribution in [0, 0.1) is 5.92 Å². The number of halogens is 1. The normalized spacial score (nSPS) is 19.4. The van der Waals surface area contributed by atoms with E-state index in [-0.39, 0.29) is 5.54 Å². The van der Waals surface area contributed by atoms with Gasteiger partial charge in [0.25, 0.3) is 0 Å². The first-order chi connectivity index (χ1) is 8.06. The summed E-state index contributed by atoms with van der Waals surface area (Å²) in [4.78, 5) is 2.38. The molecule has 94 valence electrons. The second kappa shape index (κ2) is 4.97. The molecule has 1 atom stereocenters. The van der Waals surface area contributed by atoms with Crippen molar-refractivity contribution in [1.82, 2.24) is 4.90 Å². The summed E-state index contributed by atoms with van der Waals surface area (Å²) in [6, 6.07) is 8.06. The third kappa shape index (κ3) is 2.82. The van der Waals surface area contributed by atoms with Gasteiger partial charge in [0.15, 0.2) is 0 Å². The van der Waals surface area contributed by atoms with Gasteiger partial charge in [-0.15, -0.1) is 0 Å². The van der Waals surface area contributed by atoms with Crippen LogP contribution in [-0.4, -0.2) is 24.0 Å². The van der Waals surface area contributed by atoms with E-state index in [1.54, 1.807) is 0 Å². The highest BCUT2D eigenvalue weighted by Gasteiger charge is 2.43. The van der Waals surface area contributed by atoms with Crippen LogP contribution in [0.1, 0.15) is 25.3 Å². The highest BCUT2D eigenvalue weighted by Crippen LogP contribution is 2.42. The van der Waals surface area contributed by atoms with Crippen LogP contribution in [0.25, 0.3) is 0 Å². The Kier molecular flexibility index (Phi) is 3.76.